The fraction of sp³-hybridized carbons (Fsp3) is 0.359. The summed E-state index contributed by atoms with van der Waals surface area (Å²) in [5.41, 5.74) is 5.97. The van der Waals surface area contributed by atoms with Gasteiger partial charge >= 0.3 is 0 Å². The number of non-ortho nitro benzene ring substituents is 1. The van der Waals surface area contributed by atoms with Gasteiger partial charge in [-0.3, -0.25) is 24.7 Å². The van der Waals surface area contributed by atoms with Gasteiger partial charge in [0.1, 0.15) is 0 Å². The summed E-state index contributed by atoms with van der Waals surface area (Å²) in [7, 11) is 0. The number of carbonyl (C=O) groups is 2. The van der Waals surface area contributed by atoms with Crippen molar-refractivity contribution < 1.29 is 14.5 Å². The summed E-state index contributed by atoms with van der Waals surface area (Å²) < 4.78 is 0. The molecule has 1 saturated heterocycles. The Labute approximate surface area is 270 Å². The van der Waals surface area contributed by atoms with E-state index in [1.54, 1.807) is 12.1 Å². The van der Waals surface area contributed by atoms with Crippen molar-refractivity contribution in [2.75, 3.05) is 19.6 Å². The van der Waals surface area contributed by atoms with E-state index in [1.165, 1.54) is 23.3 Å². The van der Waals surface area contributed by atoms with Gasteiger partial charge in [-0.15, -0.1) is 0 Å². The van der Waals surface area contributed by atoms with Crippen molar-refractivity contribution >= 4 is 17.3 Å². The minimum absolute atomic E-state index is 0.0322. The smallest absolute Gasteiger partial charge is 0.270 e. The number of aromatic nitrogens is 1. The molecule has 1 fully saturated rings. The largest absolute Gasteiger partial charge is 0.303 e. The van der Waals surface area contributed by atoms with Gasteiger partial charge in [0.05, 0.1) is 10.6 Å². The molecule has 46 heavy (non-hydrogen) atoms. The number of hydrogen-bond acceptors (Lipinski definition) is 6. The zero-order chi connectivity index (χ0) is 32.1. The van der Waals surface area contributed by atoms with Gasteiger partial charge in [-0.05, 0) is 81.8 Å². The van der Waals surface area contributed by atoms with E-state index in [2.05, 4.69) is 65.6 Å². The molecule has 0 radical (unpaired) electrons. The van der Waals surface area contributed by atoms with Crippen LogP contribution in [0.2, 0.25) is 0 Å². The van der Waals surface area contributed by atoms with E-state index in [1.807, 2.05) is 6.92 Å². The van der Waals surface area contributed by atoms with Crippen LogP contribution in [0.25, 0.3) is 11.1 Å². The van der Waals surface area contributed by atoms with Gasteiger partial charge in [-0.25, -0.2) is 0 Å². The monoisotopic (exact) mass is 615 g/mol. The molecule has 0 bridgehead atoms. The molecule has 0 saturated carbocycles. The molecule has 0 unspecified atom stereocenters. The minimum Gasteiger partial charge on any atom is -0.303 e. The standard InChI is InChI=1S/C39H41N3O4/c1-28-36(37(29-13-11-18-32(27-29)42(45)46)38-33(40-28)19-12-21-35(38)44)34(43)20-9-4-10-24-41-25-22-39(23-26-41,30-14-5-2-6-15-30)31-16-7-3-8-17-31/h2-3,5-8,11,13-18,27H,4,9-10,12,19-26H2,1H3. The van der Waals surface area contributed by atoms with Gasteiger partial charge in [0, 0.05) is 52.8 Å². The Morgan fingerprint density at radius 1 is 0.870 bits per heavy atom. The number of piperidine rings is 1. The first-order valence-electron chi connectivity index (χ1n) is 16.6. The van der Waals surface area contributed by atoms with E-state index in [0.717, 1.165) is 58.2 Å². The lowest BCUT2D eigenvalue weighted by atomic mass is 9.68. The molecule has 236 valence electrons. The third kappa shape index (κ3) is 6.42. The molecule has 7 nitrogen and oxygen atoms in total. The quantitative estimate of drug-likeness (QED) is 0.0729. The lowest BCUT2D eigenvalue weighted by molar-refractivity contribution is -0.384. The summed E-state index contributed by atoms with van der Waals surface area (Å²) in [4.78, 5) is 45.3. The summed E-state index contributed by atoms with van der Waals surface area (Å²) >= 11 is 0. The molecule has 7 heteroatoms. The molecule has 0 spiro atoms. The van der Waals surface area contributed by atoms with Crippen LogP contribution in [-0.2, 0) is 11.8 Å². The summed E-state index contributed by atoms with van der Waals surface area (Å²) in [5, 5.41) is 11.6. The van der Waals surface area contributed by atoms with Crippen molar-refractivity contribution in [1.29, 1.82) is 0 Å². The first-order valence-corrected chi connectivity index (χ1v) is 16.6. The fourth-order valence-corrected chi connectivity index (χ4v) is 7.53. The summed E-state index contributed by atoms with van der Waals surface area (Å²) in [6.07, 6.45) is 6.94. The van der Waals surface area contributed by atoms with Crippen molar-refractivity contribution in [3.8, 4) is 11.1 Å². The maximum absolute atomic E-state index is 13.8. The topological polar surface area (TPSA) is 93.4 Å². The molecule has 0 atom stereocenters. The highest BCUT2D eigenvalue weighted by Gasteiger charge is 2.37. The van der Waals surface area contributed by atoms with E-state index in [-0.39, 0.29) is 22.7 Å². The van der Waals surface area contributed by atoms with E-state index >= 15 is 0 Å². The van der Waals surface area contributed by atoms with Crippen LogP contribution in [0.1, 0.15) is 94.6 Å². The highest BCUT2D eigenvalue weighted by Crippen LogP contribution is 2.42. The predicted molar refractivity (Wildman–Crippen MR) is 180 cm³/mol. The Kier molecular flexibility index (Phi) is 9.50. The normalized spacial score (nSPS) is 16.2. The number of fused-ring (bicyclic) bond motifs is 1. The zero-order valence-corrected chi connectivity index (χ0v) is 26.5. The zero-order valence-electron chi connectivity index (χ0n) is 26.5. The number of aryl methyl sites for hydroxylation is 2. The molecule has 4 aromatic rings. The van der Waals surface area contributed by atoms with Crippen LogP contribution < -0.4 is 0 Å². The van der Waals surface area contributed by atoms with E-state index in [0.29, 0.717) is 52.9 Å². The Morgan fingerprint density at radius 3 is 2.20 bits per heavy atom. The number of likely N-dealkylation sites (tertiary alicyclic amines) is 1. The number of ketones is 2. The minimum atomic E-state index is -0.445. The van der Waals surface area contributed by atoms with Crippen LogP contribution in [0.3, 0.4) is 0 Å². The van der Waals surface area contributed by atoms with Crippen molar-refractivity contribution in [3.05, 3.63) is 129 Å². The SMILES string of the molecule is Cc1nc2c(c(-c3cccc([N+](=O)[O-])c3)c1C(=O)CCCCCN1CCC(c3ccccc3)(c3ccccc3)CC1)C(=O)CCC2. The first-order chi connectivity index (χ1) is 22.4. The maximum atomic E-state index is 13.8. The van der Waals surface area contributed by atoms with Crippen molar-refractivity contribution in [1.82, 2.24) is 9.88 Å². The number of benzene rings is 3. The summed E-state index contributed by atoms with van der Waals surface area (Å²) in [6.45, 7) is 4.88. The second-order valence-electron chi connectivity index (χ2n) is 12.7. The van der Waals surface area contributed by atoms with Crippen LogP contribution in [-0.4, -0.2) is 46.0 Å². The molecular weight excluding hydrogens is 574 g/mol. The van der Waals surface area contributed by atoms with E-state index < -0.39 is 4.92 Å². The molecule has 2 heterocycles. The van der Waals surface area contributed by atoms with Gasteiger partial charge < -0.3 is 4.90 Å². The van der Waals surface area contributed by atoms with E-state index in [9.17, 15) is 19.7 Å². The molecule has 0 N–H and O–H groups in total. The number of nitro benzene ring substituents is 1. The molecule has 6 rings (SSSR count). The summed E-state index contributed by atoms with van der Waals surface area (Å²) in [6, 6.07) is 28.0. The molecule has 1 aliphatic heterocycles. The number of Topliss-reactive ketones (excluding diaryl/α,β-unsaturated/α-hetero) is 2. The van der Waals surface area contributed by atoms with Crippen LogP contribution in [0.5, 0.6) is 0 Å². The Hall–Kier alpha value is -4.49. The Bertz CT molecular complexity index is 1690. The molecule has 1 aliphatic carbocycles. The van der Waals surface area contributed by atoms with E-state index in [4.69, 9.17) is 4.98 Å². The number of unbranched alkanes of at least 4 members (excludes halogenated alkanes) is 2. The molecular formula is C39H41N3O4. The number of rotatable bonds is 11. The Morgan fingerprint density at radius 2 is 1.54 bits per heavy atom. The second kappa shape index (κ2) is 13.9. The third-order valence-corrected chi connectivity index (χ3v) is 9.91. The van der Waals surface area contributed by atoms with Crippen LogP contribution in [0, 0.1) is 17.0 Å². The lowest BCUT2D eigenvalue weighted by Gasteiger charge is -2.43. The molecule has 0 amide bonds. The average Bonchev–Trinajstić information content (AvgIpc) is 3.08. The van der Waals surface area contributed by atoms with Crippen molar-refractivity contribution in [3.63, 3.8) is 0 Å². The van der Waals surface area contributed by atoms with Gasteiger partial charge in [0.25, 0.3) is 5.69 Å². The van der Waals surface area contributed by atoms with Gasteiger partial charge in [-0.1, -0.05) is 79.2 Å². The number of hydrogen-bond donors (Lipinski definition) is 0. The number of pyridine rings is 1. The van der Waals surface area contributed by atoms with Crippen molar-refractivity contribution in [2.24, 2.45) is 0 Å². The lowest BCUT2D eigenvalue weighted by Crippen LogP contribution is -2.43. The molecule has 1 aromatic heterocycles. The van der Waals surface area contributed by atoms with Crippen molar-refractivity contribution in [2.45, 2.75) is 70.1 Å². The number of carbonyl (C=O) groups excluding carboxylic acids is 2. The first kappa shape index (κ1) is 31.5. The summed E-state index contributed by atoms with van der Waals surface area (Å²) in [5.74, 6) is -0.101. The fourth-order valence-electron chi connectivity index (χ4n) is 7.53. The van der Waals surface area contributed by atoms with Gasteiger partial charge in [0.2, 0.25) is 0 Å². The third-order valence-electron chi connectivity index (χ3n) is 9.91. The van der Waals surface area contributed by atoms with Gasteiger partial charge in [-0.2, -0.15) is 0 Å². The van der Waals surface area contributed by atoms with Gasteiger partial charge in [0.15, 0.2) is 11.6 Å². The predicted octanol–water partition coefficient (Wildman–Crippen LogP) is 8.31. The second-order valence-corrected chi connectivity index (χ2v) is 12.7. The average molecular weight is 616 g/mol. The number of nitro groups is 1. The maximum Gasteiger partial charge on any atom is 0.270 e. The molecule has 2 aliphatic rings. The Balaban J connectivity index is 1.10. The highest BCUT2D eigenvalue weighted by atomic mass is 16.6. The molecule has 3 aromatic carbocycles. The van der Waals surface area contributed by atoms with Crippen LogP contribution in [0.4, 0.5) is 5.69 Å². The van der Waals surface area contributed by atoms with Crippen LogP contribution in [0.15, 0.2) is 84.9 Å². The highest BCUT2D eigenvalue weighted by molar-refractivity contribution is 6.12. The number of nitrogens with zero attached hydrogens (tertiary/aromatic N) is 3. The van der Waals surface area contributed by atoms with Crippen LogP contribution >= 0.6 is 0 Å².